The Kier molecular flexibility index (Phi) is 2.04. The molecule has 15 heavy (non-hydrogen) atoms. The fourth-order valence-electron chi connectivity index (χ4n) is 1.63. The van der Waals surface area contributed by atoms with E-state index in [-0.39, 0.29) is 5.75 Å². The summed E-state index contributed by atoms with van der Waals surface area (Å²) < 4.78 is 31.5. The predicted molar refractivity (Wildman–Crippen MR) is 60.4 cm³/mol. The van der Waals surface area contributed by atoms with Crippen molar-refractivity contribution in [3.05, 3.63) is 18.2 Å². The predicted octanol–water partition coefficient (Wildman–Crippen LogP) is 1.11. The molecule has 1 aromatic rings. The molecular weight excluding hydrogens is 192 g/mol. The number of morpholine rings is 1. The number of nitrogens with zero attached hydrogens (tertiary/aromatic N) is 1. The smallest absolute Gasteiger partial charge is 0.143 e. The number of hydrogen-bond donors (Lipinski definition) is 1. The summed E-state index contributed by atoms with van der Waals surface area (Å²) in [7, 11) is -2.49. The highest BCUT2D eigenvalue weighted by atomic mass is 16.5. The highest BCUT2D eigenvalue weighted by Crippen LogP contribution is 2.27. The highest BCUT2D eigenvalue weighted by Gasteiger charge is 2.12. The van der Waals surface area contributed by atoms with Crippen molar-refractivity contribution >= 4 is 11.4 Å². The fraction of sp³-hybridized carbons (Fsp3) is 0.455. The molecule has 1 aromatic carbocycles. The normalized spacial score (nSPS) is 20.3. The van der Waals surface area contributed by atoms with Gasteiger partial charge in [0.05, 0.1) is 30.1 Å². The Labute approximate surface area is 93.8 Å². The van der Waals surface area contributed by atoms with E-state index in [0.717, 1.165) is 18.8 Å². The van der Waals surface area contributed by atoms with Crippen molar-refractivity contribution in [1.82, 2.24) is 0 Å². The van der Waals surface area contributed by atoms with Crippen molar-refractivity contribution in [1.29, 1.82) is 0 Å². The Morgan fingerprint density at radius 3 is 3.00 bits per heavy atom. The molecule has 4 heteroatoms. The molecule has 2 rings (SSSR count). The first-order valence-corrected chi connectivity index (χ1v) is 4.87. The van der Waals surface area contributed by atoms with E-state index in [1.54, 1.807) is 12.1 Å². The summed E-state index contributed by atoms with van der Waals surface area (Å²) in [6.45, 7) is 2.88. The minimum absolute atomic E-state index is 0.194. The SMILES string of the molecule is [2H]C([2H])([2H])Oc1cc(N2CCOCC2)ccc1N. The lowest BCUT2D eigenvalue weighted by molar-refractivity contribution is 0.122. The second-order valence-electron chi connectivity index (χ2n) is 3.42. The maximum absolute atomic E-state index is 7.10. The van der Waals surface area contributed by atoms with E-state index in [0.29, 0.717) is 18.9 Å². The topological polar surface area (TPSA) is 47.7 Å². The van der Waals surface area contributed by atoms with Gasteiger partial charge in [-0.15, -0.1) is 0 Å². The van der Waals surface area contributed by atoms with Crippen LogP contribution in [-0.4, -0.2) is 33.3 Å². The van der Waals surface area contributed by atoms with Crippen molar-refractivity contribution in [2.75, 3.05) is 44.0 Å². The van der Waals surface area contributed by atoms with Crippen molar-refractivity contribution in [2.45, 2.75) is 0 Å². The molecule has 82 valence electrons. The molecule has 1 fully saturated rings. The first-order chi connectivity index (χ1) is 8.46. The molecule has 0 aromatic heterocycles. The molecule has 2 N–H and O–H groups in total. The van der Waals surface area contributed by atoms with Gasteiger partial charge in [0.1, 0.15) is 5.75 Å². The maximum Gasteiger partial charge on any atom is 0.143 e. The molecular formula is C11H16N2O2. The van der Waals surface area contributed by atoms with Gasteiger partial charge < -0.3 is 20.1 Å². The summed E-state index contributed by atoms with van der Waals surface area (Å²) in [5, 5.41) is 0. The molecule has 0 atom stereocenters. The Bertz CT molecular complexity index is 417. The van der Waals surface area contributed by atoms with Crippen molar-refractivity contribution in [3.63, 3.8) is 0 Å². The fourth-order valence-corrected chi connectivity index (χ4v) is 1.63. The standard InChI is InChI=1S/C11H16N2O2/c1-14-11-8-9(2-3-10(11)12)13-4-6-15-7-5-13/h2-3,8H,4-7,12H2,1H3/i1D3. The monoisotopic (exact) mass is 211 g/mol. The van der Waals surface area contributed by atoms with Gasteiger partial charge in [-0.1, -0.05) is 0 Å². The average molecular weight is 211 g/mol. The van der Waals surface area contributed by atoms with Crippen LogP contribution in [0.2, 0.25) is 0 Å². The zero-order valence-corrected chi connectivity index (χ0v) is 8.40. The molecule has 1 heterocycles. The first kappa shape index (κ1) is 6.95. The molecule has 0 radical (unpaired) electrons. The summed E-state index contributed by atoms with van der Waals surface area (Å²) in [4.78, 5) is 2.11. The van der Waals surface area contributed by atoms with Crippen LogP contribution in [0.4, 0.5) is 11.4 Å². The lowest BCUT2D eigenvalue weighted by Gasteiger charge is -2.29. The van der Waals surface area contributed by atoms with E-state index < -0.39 is 7.04 Å². The van der Waals surface area contributed by atoms with Crippen LogP contribution < -0.4 is 15.4 Å². The van der Waals surface area contributed by atoms with Crippen molar-refractivity contribution < 1.29 is 13.6 Å². The van der Waals surface area contributed by atoms with Crippen LogP contribution in [0.1, 0.15) is 4.11 Å². The molecule has 0 aliphatic carbocycles. The molecule has 1 aliphatic rings. The maximum atomic E-state index is 7.10. The Morgan fingerprint density at radius 2 is 2.27 bits per heavy atom. The minimum Gasteiger partial charge on any atom is -0.495 e. The van der Waals surface area contributed by atoms with Crippen LogP contribution in [-0.2, 0) is 4.74 Å². The summed E-state index contributed by atoms with van der Waals surface area (Å²) in [5.41, 5.74) is 6.93. The van der Waals surface area contributed by atoms with E-state index in [9.17, 15) is 0 Å². The third-order valence-electron chi connectivity index (χ3n) is 2.48. The Morgan fingerprint density at radius 1 is 1.47 bits per heavy atom. The molecule has 0 unspecified atom stereocenters. The van der Waals surface area contributed by atoms with Crippen LogP contribution in [0.25, 0.3) is 0 Å². The third-order valence-corrected chi connectivity index (χ3v) is 2.48. The Hall–Kier alpha value is -1.42. The number of anilines is 2. The van der Waals surface area contributed by atoms with E-state index >= 15 is 0 Å². The summed E-state index contributed by atoms with van der Waals surface area (Å²) in [5.74, 6) is 0.194. The third kappa shape index (κ3) is 2.15. The van der Waals surface area contributed by atoms with Crippen LogP contribution in [0.15, 0.2) is 18.2 Å². The summed E-state index contributed by atoms with van der Waals surface area (Å²) in [6.07, 6.45) is 0. The highest BCUT2D eigenvalue weighted by molar-refractivity contribution is 5.62. The van der Waals surface area contributed by atoms with Crippen LogP contribution in [0.3, 0.4) is 0 Å². The number of nitrogens with two attached hydrogens (primary N) is 1. The summed E-state index contributed by atoms with van der Waals surface area (Å²) in [6, 6.07) is 5.17. The first-order valence-electron chi connectivity index (χ1n) is 6.37. The van der Waals surface area contributed by atoms with Crippen molar-refractivity contribution in [3.8, 4) is 5.75 Å². The zero-order valence-electron chi connectivity index (χ0n) is 11.4. The quantitative estimate of drug-likeness (QED) is 0.745. The van der Waals surface area contributed by atoms with Crippen LogP contribution >= 0.6 is 0 Å². The minimum atomic E-state index is -2.49. The van der Waals surface area contributed by atoms with E-state index in [2.05, 4.69) is 4.90 Å². The molecule has 0 bridgehead atoms. The number of methoxy groups -OCH3 is 1. The number of benzene rings is 1. The van der Waals surface area contributed by atoms with Gasteiger partial charge in [0.2, 0.25) is 0 Å². The van der Waals surface area contributed by atoms with Gasteiger partial charge >= 0.3 is 0 Å². The average Bonchev–Trinajstić information content (AvgIpc) is 2.31. The van der Waals surface area contributed by atoms with Gasteiger partial charge in [-0.3, -0.25) is 0 Å². The van der Waals surface area contributed by atoms with Gasteiger partial charge in [-0.05, 0) is 12.1 Å². The van der Waals surface area contributed by atoms with Gasteiger partial charge in [-0.2, -0.15) is 0 Å². The number of hydrogen-bond acceptors (Lipinski definition) is 4. The molecule has 4 nitrogen and oxygen atoms in total. The summed E-state index contributed by atoms with van der Waals surface area (Å²) >= 11 is 0. The molecule has 0 amide bonds. The lowest BCUT2D eigenvalue weighted by Crippen LogP contribution is -2.36. The molecule has 1 aliphatic heterocycles. The van der Waals surface area contributed by atoms with Gasteiger partial charge in [0.25, 0.3) is 0 Å². The van der Waals surface area contributed by atoms with E-state index in [1.807, 2.05) is 6.07 Å². The zero-order chi connectivity index (χ0) is 13.2. The van der Waals surface area contributed by atoms with Crippen molar-refractivity contribution in [2.24, 2.45) is 0 Å². The lowest BCUT2D eigenvalue weighted by atomic mass is 10.2. The van der Waals surface area contributed by atoms with Gasteiger partial charge in [-0.25, -0.2) is 0 Å². The number of ether oxygens (including phenoxy) is 2. The van der Waals surface area contributed by atoms with Crippen LogP contribution in [0, 0.1) is 0 Å². The van der Waals surface area contributed by atoms with E-state index in [1.165, 1.54) is 0 Å². The number of rotatable bonds is 2. The molecule has 0 spiro atoms. The van der Waals surface area contributed by atoms with Crippen LogP contribution in [0.5, 0.6) is 5.75 Å². The second kappa shape index (κ2) is 4.40. The Balaban J connectivity index is 2.19. The second-order valence-corrected chi connectivity index (χ2v) is 3.42. The molecule has 1 saturated heterocycles. The van der Waals surface area contributed by atoms with E-state index in [4.69, 9.17) is 19.3 Å². The van der Waals surface area contributed by atoms with Gasteiger partial charge in [0, 0.05) is 24.8 Å². The largest absolute Gasteiger partial charge is 0.495 e. The molecule has 0 saturated carbocycles. The number of nitrogen functional groups attached to an aromatic ring is 1. The van der Waals surface area contributed by atoms with Gasteiger partial charge in [0.15, 0.2) is 0 Å².